The minimum atomic E-state index is -0.616. The number of hydrogen-bond acceptors (Lipinski definition) is 0. The third-order valence-electron chi connectivity index (χ3n) is 1.21. The Morgan fingerprint density at radius 1 is 1.14 bits per heavy atom. The van der Waals surface area contributed by atoms with Gasteiger partial charge < -0.3 is 5.48 Å². The Hall–Kier alpha value is 0.759. The maximum absolute atomic E-state index is 2.47. The molecule has 2 N–H and O–H groups in total. The van der Waals surface area contributed by atoms with E-state index >= 15 is 0 Å². The molecular formula is C5H15OSn. The Labute approximate surface area is 53.2 Å². The Balaban J connectivity index is 0. The summed E-state index contributed by atoms with van der Waals surface area (Å²) >= 11 is -0.616. The van der Waals surface area contributed by atoms with Crippen LogP contribution in [0.15, 0.2) is 0 Å². The van der Waals surface area contributed by atoms with E-state index in [-0.39, 0.29) is 5.48 Å². The largest absolute Gasteiger partial charge is 0.412 e. The minimum Gasteiger partial charge on any atom is -0.412 e. The van der Waals surface area contributed by atoms with Crippen LogP contribution in [0, 0.1) is 0 Å². The summed E-state index contributed by atoms with van der Waals surface area (Å²) in [5.41, 5.74) is 0. The monoisotopic (exact) mass is 211 g/mol. The average molecular weight is 210 g/mol. The van der Waals surface area contributed by atoms with E-state index in [0.29, 0.717) is 0 Å². The van der Waals surface area contributed by atoms with Gasteiger partial charge in [0.05, 0.1) is 0 Å². The predicted octanol–water partition coefficient (Wildman–Crippen LogP) is 1.33. The molecule has 0 atom stereocenters. The fraction of sp³-hybridized carbons (Fsp3) is 1.00. The van der Waals surface area contributed by atoms with Gasteiger partial charge in [-0.1, -0.05) is 0 Å². The van der Waals surface area contributed by atoms with Crippen molar-refractivity contribution in [3.8, 4) is 0 Å². The molecule has 1 radical (unpaired) electrons. The molecule has 0 amide bonds. The van der Waals surface area contributed by atoms with Crippen molar-refractivity contribution in [2.45, 2.75) is 27.7 Å². The van der Waals surface area contributed by atoms with Crippen molar-refractivity contribution in [3.05, 3.63) is 0 Å². The van der Waals surface area contributed by atoms with E-state index in [0.717, 1.165) is 0 Å². The van der Waals surface area contributed by atoms with Gasteiger partial charge in [-0.05, 0) is 0 Å². The number of rotatable bonds is 2. The molecule has 0 aliphatic carbocycles. The first-order chi connectivity index (χ1) is 2.81. The average Bonchev–Trinajstić information content (AvgIpc) is 1.65. The first-order valence-corrected chi connectivity index (χ1v) is 9.51. The Morgan fingerprint density at radius 2 is 1.43 bits per heavy atom. The molecule has 0 saturated heterocycles. The van der Waals surface area contributed by atoms with Crippen molar-refractivity contribution in [3.63, 3.8) is 0 Å². The summed E-state index contributed by atoms with van der Waals surface area (Å²) in [4.78, 5) is 2.47. The summed E-state index contributed by atoms with van der Waals surface area (Å²) in [6.07, 6.45) is 0. The maximum atomic E-state index is 2.47. The standard InChI is InChI=1S/2C2H5.CH3.H2O.Sn/c2*1-2;;;/h2*1H2,2H3;1H3;1H2;. The van der Waals surface area contributed by atoms with Gasteiger partial charge in [0.25, 0.3) is 0 Å². The Kier molecular flexibility index (Phi) is 10.3. The second-order valence-corrected chi connectivity index (χ2v) is 11.2. The molecule has 45 valence electrons. The predicted molar refractivity (Wildman–Crippen MR) is 36.2 cm³/mol. The molecule has 2 heteroatoms. The molecular weight excluding hydrogens is 195 g/mol. The number of hydrogen-bond donors (Lipinski definition) is 0. The Bertz CT molecular complexity index is 27.3. The van der Waals surface area contributed by atoms with Crippen molar-refractivity contribution in [2.24, 2.45) is 0 Å². The van der Waals surface area contributed by atoms with Crippen LogP contribution in [-0.2, 0) is 0 Å². The van der Waals surface area contributed by atoms with E-state index in [2.05, 4.69) is 18.8 Å². The van der Waals surface area contributed by atoms with E-state index in [9.17, 15) is 0 Å². The molecule has 0 bridgehead atoms. The van der Waals surface area contributed by atoms with Gasteiger partial charge in [0.1, 0.15) is 0 Å². The summed E-state index contributed by atoms with van der Waals surface area (Å²) in [5, 5.41) is 0. The minimum absolute atomic E-state index is 0. The normalized spacial score (nSPS) is 8.57. The third-order valence-corrected chi connectivity index (χ3v) is 8.10. The first-order valence-electron chi connectivity index (χ1n) is 2.62. The van der Waals surface area contributed by atoms with Crippen LogP contribution in [0.4, 0.5) is 0 Å². The van der Waals surface area contributed by atoms with E-state index in [4.69, 9.17) is 0 Å². The van der Waals surface area contributed by atoms with Crippen molar-refractivity contribution < 1.29 is 5.48 Å². The van der Waals surface area contributed by atoms with Gasteiger partial charge in [-0.15, -0.1) is 0 Å². The zero-order valence-corrected chi connectivity index (χ0v) is 8.27. The van der Waals surface area contributed by atoms with Crippen molar-refractivity contribution >= 4 is 19.8 Å². The quantitative estimate of drug-likeness (QED) is 0.615. The molecule has 7 heavy (non-hydrogen) atoms. The van der Waals surface area contributed by atoms with Crippen LogP contribution in [0.3, 0.4) is 0 Å². The fourth-order valence-corrected chi connectivity index (χ4v) is 1.68. The molecule has 0 saturated carbocycles. The van der Waals surface area contributed by atoms with Gasteiger partial charge in [0.15, 0.2) is 0 Å². The van der Waals surface area contributed by atoms with Crippen LogP contribution in [0.2, 0.25) is 13.8 Å². The molecule has 0 aromatic heterocycles. The smallest absolute Gasteiger partial charge is 0.412 e. The molecule has 0 aliphatic heterocycles. The van der Waals surface area contributed by atoms with E-state index in [1.165, 1.54) is 8.87 Å². The molecule has 0 aromatic carbocycles. The molecule has 0 rings (SSSR count). The SMILES string of the molecule is C[CH2][Sn]([CH3])[CH2]C.O. The molecule has 0 aromatic rings. The van der Waals surface area contributed by atoms with Gasteiger partial charge >= 0.3 is 47.4 Å². The fourth-order valence-electron chi connectivity index (χ4n) is 0.250. The zero-order chi connectivity index (χ0) is 4.99. The summed E-state index contributed by atoms with van der Waals surface area (Å²) in [6, 6.07) is 0. The van der Waals surface area contributed by atoms with Gasteiger partial charge in [-0.2, -0.15) is 0 Å². The van der Waals surface area contributed by atoms with Gasteiger partial charge in [-0.25, -0.2) is 0 Å². The van der Waals surface area contributed by atoms with Gasteiger partial charge in [0, 0.05) is 0 Å². The maximum Gasteiger partial charge on any atom is -0.412 e. The first kappa shape index (κ1) is 10.7. The van der Waals surface area contributed by atoms with Crippen LogP contribution >= 0.6 is 0 Å². The van der Waals surface area contributed by atoms with Gasteiger partial charge in [0.2, 0.25) is 0 Å². The molecule has 0 unspecified atom stereocenters. The molecule has 0 aliphatic rings. The third kappa shape index (κ3) is 6.76. The van der Waals surface area contributed by atoms with Crippen molar-refractivity contribution in [1.29, 1.82) is 0 Å². The van der Waals surface area contributed by atoms with Crippen molar-refractivity contribution in [1.82, 2.24) is 0 Å². The summed E-state index contributed by atoms with van der Waals surface area (Å²) in [5.74, 6) is 0. The van der Waals surface area contributed by atoms with Crippen LogP contribution in [0.1, 0.15) is 13.8 Å². The molecule has 0 spiro atoms. The van der Waals surface area contributed by atoms with Crippen LogP contribution in [0.25, 0.3) is 0 Å². The summed E-state index contributed by atoms with van der Waals surface area (Å²) < 4.78 is 3.05. The second-order valence-electron chi connectivity index (χ2n) is 1.66. The topological polar surface area (TPSA) is 31.5 Å². The van der Waals surface area contributed by atoms with Crippen LogP contribution < -0.4 is 0 Å². The second kappa shape index (κ2) is 6.76. The van der Waals surface area contributed by atoms with Crippen LogP contribution in [0.5, 0.6) is 0 Å². The van der Waals surface area contributed by atoms with E-state index in [1.54, 1.807) is 0 Å². The van der Waals surface area contributed by atoms with Crippen LogP contribution in [-0.4, -0.2) is 25.2 Å². The Morgan fingerprint density at radius 3 is 1.43 bits per heavy atom. The van der Waals surface area contributed by atoms with E-state index in [1.807, 2.05) is 0 Å². The summed E-state index contributed by atoms with van der Waals surface area (Å²) in [7, 11) is 0. The molecule has 0 heterocycles. The van der Waals surface area contributed by atoms with Crippen molar-refractivity contribution in [2.75, 3.05) is 0 Å². The summed E-state index contributed by atoms with van der Waals surface area (Å²) in [6.45, 7) is 4.64. The zero-order valence-electron chi connectivity index (χ0n) is 5.41. The molecule has 1 nitrogen and oxygen atoms in total. The van der Waals surface area contributed by atoms with E-state index < -0.39 is 19.8 Å². The van der Waals surface area contributed by atoms with Gasteiger partial charge in [-0.3, -0.25) is 0 Å². The molecule has 0 fully saturated rings.